The quantitative estimate of drug-likeness (QED) is 0.872. The maximum Gasteiger partial charge on any atom is 0.0947 e. The van der Waals surface area contributed by atoms with E-state index in [1.165, 1.54) is 17.7 Å². The van der Waals surface area contributed by atoms with E-state index in [2.05, 4.69) is 53.8 Å². The summed E-state index contributed by atoms with van der Waals surface area (Å²) >= 11 is 0. The highest BCUT2D eigenvalue weighted by Crippen LogP contribution is 2.53. The second-order valence-corrected chi connectivity index (χ2v) is 5.81. The molecule has 3 heteroatoms. The molecule has 1 aromatic carbocycles. The van der Waals surface area contributed by atoms with Crippen molar-refractivity contribution in [2.45, 2.75) is 31.7 Å². The second kappa shape index (κ2) is 5.80. The minimum absolute atomic E-state index is 0.390. The van der Waals surface area contributed by atoms with E-state index in [0.717, 1.165) is 13.0 Å². The topological polar surface area (TPSA) is 29.9 Å². The van der Waals surface area contributed by atoms with Gasteiger partial charge in [0.15, 0.2) is 0 Å². The fraction of sp³-hybridized carbons (Fsp3) is 0.471. The van der Waals surface area contributed by atoms with E-state index in [-0.39, 0.29) is 0 Å². The zero-order valence-electron chi connectivity index (χ0n) is 12.3. The first-order chi connectivity index (χ1) is 9.79. The Bertz CT molecular complexity index is 546. The second-order valence-electron chi connectivity index (χ2n) is 5.81. The summed E-state index contributed by atoms with van der Waals surface area (Å²) in [6.45, 7) is 3.27. The van der Waals surface area contributed by atoms with Crippen molar-refractivity contribution in [2.75, 3.05) is 6.54 Å². The monoisotopic (exact) mass is 269 g/mol. The highest BCUT2D eigenvalue weighted by Gasteiger charge is 2.44. The van der Waals surface area contributed by atoms with E-state index < -0.39 is 0 Å². The van der Waals surface area contributed by atoms with Gasteiger partial charge in [0.2, 0.25) is 0 Å². The Labute approximate surface area is 121 Å². The molecule has 0 radical (unpaired) electrons. The summed E-state index contributed by atoms with van der Waals surface area (Å²) in [5.41, 5.74) is 2.65. The number of rotatable bonds is 6. The standard InChI is InChI=1S/C17H23N3/c1-3-9-18-17(16-11-20(2)12-19-16)15-10-14(15)13-7-5-4-6-8-13/h4-8,11-12,14-15,17-18H,3,9-10H2,1-2H3. The predicted octanol–water partition coefficient (Wildman–Crippen LogP) is 3.26. The first-order valence-corrected chi connectivity index (χ1v) is 7.55. The molecule has 0 amide bonds. The van der Waals surface area contributed by atoms with E-state index in [1.807, 2.05) is 17.9 Å². The highest BCUT2D eigenvalue weighted by atomic mass is 15.0. The van der Waals surface area contributed by atoms with Crippen LogP contribution < -0.4 is 5.32 Å². The van der Waals surface area contributed by atoms with Gasteiger partial charge in [-0.25, -0.2) is 4.98 Å². The number of aromatic nitrogens is 2. The van der Waals surface area contributed by atoms with Gasteiger partial charge in [-0.3, -0.25) is 0 Å². The van der Waals surface area contributed by atoms with Crippen molar-refractivity contribution in [1.82, 2.24) is 14.9 Å². The van der Waals surface area contributed by atoms with Gasteiger partial charge in [0, 0.05) is 13.2 Å². The summed E-state index contributed by atoms with van der Waals surface area (Å²) in [5, 5.41) is 3.68. The molecule has 0 spiro atoms. The Morgan fingerprint density at radius 2 is 2.15 bits per heavy atom. The molecule has 1 N–H and O–H groups in total. The molecule has 1 heterocycles. The van der Waals surface area contributed by atoms with Gasteiger partial charge < -0.3 is 9.88 Å². The molecule has 0 saturated heterocycles. The van der Waals surface area contributed by atoms with Crippen LogP contribution in [-0.2, 0) is 7.05 Å². The molecule has 106 valence electrons. The van der Waals surface area contributed by atoms with Crippen LogP contribution in [0.3, 0.4) is 0 Å². The molecule has 0 bridgehead atoms. The Morgan fingerprint density at radius 3 is 2.80 bits per heavy atom. The van der Waals surface area contributed by atoms with Crippen LogP contribution in [0, 0.1) is 5.92 Å². The molecule has 20 heavy (non-hydrogen) atoms. The van der Waals surface area contributed by atoms with Gasteiger partial charge in [-0.15, -0.1) is 0 Å². The van der Waals surface area contributed by atoms with Crippen LogP contribution in [0.1, 0.15) is 43.0 Å². The normalized spacial score (nSPS) is 22.7. The minimum Gasteiger partial charge on any atom is -0.340 e. The van der Waals surface area contributed by atoms with Crippen LogP contribution in [0.5, 0.6) is 0 Å². The number of hydrogen-bond acceptors (Lipinski definition) is 2. The molecule has 3 rings (SSSR count). The average molecular weight is 269 g/mol. The lowest BCUT2D eigenvalue weighted by atomic mass is 10.0. The number of imidazole rings is 1. The average Bonchev–Trinajstić information content (AvgIpc) is 3.15. The van der Waals surface area contributed by atoms with E-state index in [0.29, 0.717) is 17.9 Å². The summed E-state index contributed by atoms with van der Waals surface area (Å²) < 4.78 is 2.04. The maximum atomic E-state index is 4.56. The number of nitrogens with one attached hydrogen (secondary N) is 1. The van der Waals surface area contributed by atoms with Crippen LogP contribution in [0.2, 0.25) is 0 Å². The summed E-state index contributed by atoms with van der Waals surface area (Å²) in [6.07, 6.45) is 6.47. The largest absolute Gasteiger partial charge is 0.340 e. The first kappa shape index (κ1) is 13.4. The molecule has 2 aromatic rings. The molecule has 0 aliphatic heterocycles. The van der Waals surface area contributed by atoms with E-state index >= 15 is 0 Å². The van der Waals surface area contributed by atoms with Crippen molar-refractivity contribution in [3.8, 4) is 0 Å². The van der Waals surface area contributed by atoms with Crippen molar-refractivity contribution in [2.24, 2.45) is 13.0 Å². The van der Waals surface area contributed by atoms with Crippen LogP contribution in [0.4, 0.5) is 0 Å². The Balaban J connectivity index is 1.74. The Kier molecular flexibility index (Phi) is 3.88. The Morgan fingerprint density at radius 1 is 1.35 bits per heavy atom. The molecule has 1 aromatic heterocycles. The zero-order chi connectivity index (χ0) is 13.9. The van der Waals surface area contributed by atoms with Gasteiger partial charge in [-0.05, 0) is 36.8 Å². The molecular weight excluding hydrogens is 246 g/mol. The number of nitrogens with zero attached hydrogens (tertiary/aromatic N) is 2. The van der Waals surface area contributed by atoms with Gasteiger partial charge in [-0.2, -0.15) is 0 Å². The SMILES string of the molecule is CCCNC(c1cn(C)cn1)C1CC1c1ccccc1. The van der Waals surface area contributed by atoms with Crippen molar-refractivity contribution < 1.29 is 0 Å². The molecule has 3 atom stereocenters. The molecule has 3 nitrogen and oxygen atoms in total. The fourth-order valence-corrected chi connectivity index (χ4v) is 3.04. The van der Waals surface area contributed by atoms with Crippen LogP contribution in [0.15, 0.2) is 42.9 Å². The zero-order valence-corrected chi connectivity index (χ0v) is 12.3. The molecule has 1 saturated carbocycles. The van der Waals surface area contributed by atoms with E-state index in [1.54, 1.807) is 0 Å². The smallest absolute Gasteiger partial charge is 0.0947 e. The molecule has 1 aliphatic carbocycles. The lowest BCUT2D eigenvalue weighted by molar-refractivity contribution is 0.464. The van der Waals surface area contributed by atoms with Crippen LogP contribution in [-0.4, -0.2) is 16.1 Å². The van der Waals surface area contributed by atoms with Gasteiger partial charge in [0.1, 0.15) is 0 Å². The lowest BCUT2D eigenvalue weighted by Crippen LogP contribution is -2.24. The van der Waals surface area contributed by atoms with Gasteiger partial charge >= 0.3 is 0 Å². The molecule has 3 unspecified atom stereocenters. The van der Waals surface area contributed by atoms with Crippen molar-refractivity contribution in [1.29, 1.82) is 0 Å². The summed E-state index contributed by atoms with van der Waals surface area (Å²) in [4.78, 5) is 4.56. The molecule has 1 aliphatic rings. The van der Waals surface area contributed by atoms with Gasteiger partial charge in [0.05, 0.1) is 18.1 Å². The van der Waals surface area contributed by atoms with Crippen molar-refractivity contribution >= 4 is 0 Å². The third-order valence-electron chi connectivity index (χ3n) is 4.15. The minimum atomic E-state index is 0.390. The number of benzene rings is 1. The lowest BCUT2D eigenvalue weighted by Gasteiger charge is -2.16. The fourth-order valence-electron chi connectivity index (χ4n) is 3.04. The first-order valence-electron chi connectivity index (χ1n) is 7.55. The van der Waals surface area contributed by atoms with Gasteiger partial charge in [0.25, 0.3) is 0 Å². The third-order valence-corrected chi connectivity index (χ3v) is 4.15. The van der Waals surface area contributed by atoms with E-state index in [9.17, 15) is 0 Å². The van der Waals surface area contributed by atoms with Gasteiger partial charge in [-0.1, -0.05) is 37.3 Å². The van der Waals surface area contributed by atoms with Crippen LogP contribution >= 0.6 is 0 Å². The Hall–Kier alpha value is -1.61. The molecule has 1 fully saturated rings. The van der Waals surface area contributed by atoms with Crippen LogP contribution in [0.25, 0.3) is 0 Å². The van der Waals surface area contributed by atoms with Crippen molar-refractivity contribution in [3.05, 3.63) is 54.1 Å². The van der Waals surface area contributed by atoms with Crippen molar-refractivity contribution in [3.63, 3.8) is 0 Å². The highest BCUT2D eigenvalue weighted by molar-refractivity contribution is 5.28. The summed E-state index contributed by atoms with van der Waals surface area (Å²) in [5.74, 6) is 1.37. The van der Waals surface area contributed by atoms with E-state index in [4.69, 9.17) is 0 Å². The molecular formula is C17H23N3. The predicted molar refractivity (Wildman–Crippen MR) is 81.5 cm³/mol. The number of aryl methyl sites for hydroxylation is 1. The summed E-state index contributed by atoms with van der Waals surface area (Å²) in [6, 6.07) is 11.3. The maximum absolute atomic E-state index is 4.56. The third kappa shape index (κ3) is 2.78. The number of hydrogen-bond donors (Lipinski definition) is 1. The summed E-state index contributed by atoms with van der Waals surface area (Å²) in [7, 11) is 2.04.